The highest BCUT2D eigenvalue weighted by Gasteiger charge is 2.48. The first-order valence-corrected chi connectivity index (χ1v) is 9.73. The molecule has 0 spiro atoms. The molecule has 9 heteroatoms. The van der Waals surface area contributed by atoms with Gasteiger partial charge in [-0.1, -0.05) is 12.8 Å². The van der Waals surface area contributed by atoms with Gasteiger partial charge in [0.2, 0.25) is 11.8 Å². The van der Waals surface area contributed by atoms with E-state index in [4.69, 9.17) is 14.2 Å². The minimum Gasteiger partial charge on any atom is -0.486 e. The third kappa shape index (κ3) is 4.03. The van der Waals surface area contributed by atoms with Gasteiger partial charge in [-0.05, 0) is 25.0 Å². The Hall–Kier alpha value is -3.10. The minimum atomic E-state index is -0.789. The molecule has 1 saturated carbocycles. The second kappa shape index (κ2) is 8.10. The zero-order valence-corrected chi connectivity index (χ0v) is 15.8. The van der Waals surface area contributed by atoms with E-state index in [9.17, 15) is 19.2 Å². The van der Waals surface area contributed by atoms with Crippen LogP contribution in [0.15, 0.2) is 18.2 Å². The number of imide groups is 1. The molecule has 154 valence electrons. The first-order chi connectivity index (χ1) is 14.0. The quantitative estimate of drug-likeness (QED) is 0.580. The highest BCUT2D eigenvalue weighted by molar-refractivity contribution is 6.07. The van der Waals surface area contributed by atoms with E-state index in [1.54, 1.807) is 18.2 Å². The molecule has 2 atom stereocenters. The number of benzene rings is 1. The SMILES string of the molecule is O=C(COC(=O)CN1C(=O)[C@@H]2CCCC[C@H]2C1=O)Nc1ccc2c(c1)OCCO2. The Morgan fingerprint density at radius 2 is 1.69 bits per heavy atom. The second-order valence-corrected chi connectivity index (χ2v) is 7.33. The summed E-state index contributed by atoms with van der Waals surface area (Å²) in [5.41, 5.74) is 0.476. The Balaban J connectivity index is 1.27. The number of carbonyl (C=O) groups excluding carboxylic acids is 4. The van der Waals surface area contributed by atoms with Crippen molar-refractivity contribution in [2.75, 3.05) is 31.7 Å². The van der Waals surface area contributed by atoms with Gasteiger partial charge in [0.05, 0.1) is 11.8 Å². The summed E-state index contributed by atoms with van der Waals surface area (Å²) in [4.78, 5) is 49.8. The van der Waals surface area contributed by atoms with Crippen LogP contribution in [0.1, 0.15) is 25.7 Å². The lowest BCUT2D eigenvalue weighted by atomic mass is 9.81. The fourth-order valence-electron chi connectivity index (χ4n) is 4.03. The largest absolute Gasteiger partial charge is 0.486 e. The Morgan fingerprint density at radius 1 is 1.03 bits per heavy atom. The van der Waals surface area contributed by atoms with Crippen molar-refractivity contribution in [3.8, 4) is 11.5 Å². The van der Waals surface area contributed by atoms with Crippen molar-refractivity contribution in [3.05, 3.63) is 18.2 Å². The standard InChI is InChI=1S/C20H22N2O7/c23-17(21-12-5-6-15-16(9-12)28-8-7-27-15)11-29-18(24)10-22-19(25)13-3-1-2-4-14(13)20(22)26/h5-6,9,13-14H,1-4,7-8,10-11H2,(H,21,23)/t13-,14-/m1/s1. The van der Waals surface area contributed by atoms with Crippen molar-refractivity contribution in [2.24, 2.45) is 11.8 Å². The number of rotatable bonds is 5. The monoisotopic (exact) mass is 402 g/mol. The smallest absolute Gasteiger partial charge is 0.326 e. The number of hydrogen-bond acceptors (Lipinski definition) is 7. The molecule has 1 aromatic rings. The summed E-state index contributed by atoms with van der Waals surface area (Å²) < 4.78 is 15.8. The molecule has 2 fully saturated rings. The molecule has 9 nitrogen and oxygen atoms in total. The molecule has 0 bridgehead atoms. The van der Waals surface area contributed by atoms with Gasteiger partial charge in [-0.15, -0.1) is 0 Å². The van der Waals surface area contributed by atoms with E-state index in [2.05, 4.69) is 5.32 Å². The summed E-state index contributed by atoms with van der Waals surface area (Å²) in [6, 6.07) is 4.95. The average Bonchev–Trinajstić information content (AvgIpc) is 2.97. The lowest BCUT2D eigenvalue weighted by Crippen LogP contribution is -2.37. The van der Waals surface area contributed by atoms with Crippen LogP contribution in [0, 0.1) is 11.8 Å². The van der Waals surface area contributed by atoms with Gasteiger partial charge in [-0.3, -0.25) is 24.1 Å². The van der Waals surface area contributed by atoms with Gasteiger partial charge in [0.15, 0.2) is 18.1 Å². The molecule has 2 aliphatic heterocycles. The number of fused-ring (bicyclic) bond motifs is 2. The number of esters is 1. The number of nitrogens with one attached hydrogen (secondary N) is 1. The predicted octanol–water partition coefficient (Wildman–Crippen LogP) is 1.11. The van der Waals surface area contributed by atoms with Crippen LogP contribution in [0.3, 0.4) is 0 Å². The normalized spacial score (nSPS) is 22.8. The van der Waals surface area contributed by atoms with Gasteiger partial charge in [-0.2, -0.15) is 0 Å². The lowest BCUT2D eigenvalue weighted by Gasteiger charge is -2.19. The van der Waals surface area contributed by atoms with E-state index in [1.807, 2.05) is 0 Å². The van der Waals surface area contributed by atoms with E-state index in [-0.39, 0.29) is 23.7 Å². The highest BCUT2D eigenvalue weighted by Crippen LogP contribution is 2.38. The van der Waals surface area contributed by atoms with E-state index in [0.717, 1.165) is 17.7 Å². The average molecular weight is 402 g/mol. The van der Waals surface area contributed by atoms with Gasteiger partial charge >= 0.3 is 5.97 Å². The Kier molecular flexibility index (Phi) is 5.37. The van der Waals surface area contributed by atoms with Crippen LogP contribution in [-0.4, -0.2) is 55.0 Å². The minimum absolute atomic E-state index is 0.308. The van der Waals surface area contributed by atoms with Crippen molar-refractivity contribution < 1.29 is 33.4 Å². The summed E-state index contributed by atoms with van der Waals surface area (Å²) >= 11 is 0. The zero-order chi connectivity index (χ0) is 20.4. The van der Waals surface area contributed by atoms with Crippen LogP contribution < -0.4 is 14.8 Å². The van der Waals surface area contributed by atoms with Crippen LogP contribution >= 0.6 is 0 Å². The molecule has 0 aromatic heterocycles. The Labute approximate surface area is 167 Å². The summed E-state index contributed by atoms with van der Waals surface area (Å²) in [5.74, 6) is -1.45. The van der Waals surface area contributed by atoms with Gasteiger partial charge in [0.25, 0.3) is 5.91 Å². The molecule has 0 radical (unpaired) electrons. The number of hydrogen-bond donors (Lipinski definition) is 1. The number of likely N-dealkylation sites (tertiary alicyclic amines) is 1. The molecule has 29 heavy (non-hydrogen) atoms. The van der Waals surface area contributed by atoms with Crippen LogP contribution in [0.5, 0.6) is 11.5 Å². The lowest BCUT2D eigenvalue weighted by molar-refractivity contribution is -0.154. The molecule has 0 unspecified atom stereocenters. The molecule has 3 aliphatic rings. The highest BCUT2D eigenvalue weighted by atomic mass is 16.6. The van der Waals surface area contributed by atoms with Gasteiger partial charge in [0, 0.05) is 11.8 Å². The van der Waals surface area contributed by atoms with Crippen molar-refractivity contribution in [1.29, 1.82) is 0 Å². The fraction of sp³-hybridized carbons (Fsp3) is 0.500. The van der Waals surface area contributed by atoms with Crippen LogP contribution in [0.2, 0.25) is 0 Å². The summed E-state index contributed by atoms with van der Waals surface area (Å²) in [6.07, 6.45) is 3.19. The molecule has 1 aromatic carbocycles. The molecular weight excluding hydrogens is 380 g/mol. The van der Waals surface area contributed by atoms with Gasteiger partial charge in [0.1, 0.15) is 19.8 Å². The van der Waals surface area contributed by atoms with E-state index in [1.165, 1.54) is 0 Å². The van der Waals surface area contributed by atoms with E-state index < -0.39 is 25.0 Å². The number of amides is 3. The molecule has 4 rings (SSSR count). The number of nitrogens with zero attached hydrogens (tertiary/aromatic N) is 1. The zero-order valence-electron chi connectivity index (χ0n) is 15.8. The maximum atomic E-state index is 12.4. The Morgan fingerprint density at radius 3 is 2.38 bits per heavy atom. The van der Waals surface area contributed by atoms with E-state index >= 15 is 0 Å². The first kappa shape index (κ1) is 19.2. The van der Waals surface area contributed by atoms with Crippen LogP contribution in [0.25, 0.3) is 0 Å². The molecule has 1 saturated heterocycles. The maximum Gasteiger partial charge on any atom is 0.326 e. The second-order valence-electron chi connectivity index (χ2n) is 7.33. The molecule has 1 aliphatic carbocycles. The molecular formula is C20H22N2O7. The third-order valence-corrected chi connectivity index (χ3v) is 5.41. The topological polar surface area (TPSA) is 111 Å². The van der Waals surface area contributed by atoms with Crippen molar-refractivity contribution in [2.45, 2.75) is 25.7 Å². The molecule has 1 N–H and O–H groups in total. The van der Waals surface area contributed by atoms with Crippen LogP contribution in [-0.2, 0) is 23.9 Å². The summed E-state index contributed by atoms with van der Waals surface area (Å²) in [7, 11) is 0. The Bertz CT molecular complexity index is 829. The van der Waals surface area contributed by atoms with Gasteiger partial charge in [-0.25, -0.2) is 0 Å². The third-order valence-electron chi connectivity index (χ3n) is 5.41. The number of ether oxygens (including phenoxy) is 3. The van der Waals surface area contributed by atoms with Crippen molar-refractivity contribution >= 4 is 29.4 Å². The van der Waals surface area contributed by atoms with Crippen molar-refractivity contribution in [3.63, 3.8) is 0 Å². The predicted molar refractivity (Wildman–Crippen MR) is 99.2 cm³/mol. The van der Waals surface area contributed by atoms with Gasteiger partial charge < -0.3 is 19.5 Å². The maximum absolute atomic E-state index is 12.4. The van der Waals surface area contributed by atoms with Crippen molar-refractivity contribution in [1.82, 2.24) is 4.90 Å². The number of carbonyl (C=O) groups is 4. The number of anilines is 1. The summed E-state index contributed by atoms with van der Waals surface area (Å²) in [5, 5.41) is 2.60. The first-order valence-electron chi connectivity index (χ1n) is 9.73. The summed E-state index contributed by atoms with van der Waals surface area (Å²) in [6.45, 7) is -0.0752. The van der Waals surface area contributed by atoms with Crippen LogP contribution in [0.4, 0.5) is 5.69 Å². The fourth-order valence-corrected chi connectivity index (χ4v) is 4.03. The van der Waals surface area contributed by atoms with E-state index in [0.29, 0.717) is 43.2 Å². The molecule has 3 amide bonds. The molecule has 2 heterocycles.